The first-order valence-electron chi connectivity index (χ1n) is 15.2. The molecule has 1 heterocycles. The molecule has 0 unspecified atom stereocenters. The summed E-state index contributed by atoms with van der Waals surface area (Å²) < 4.78 is 6.13. The molecule has 1 N–H and O–H groups in total. The number of carbonyl (C=O) groups is 2. The van der Waals surface area contributed by atoms with Crippen molar-refractivity contribution < 1.29 is 14.3 Å². The number of allylic oxidation sites excluding steroid dienone is 1. The number of ether oxygens (including phenoxy) is 1. The van der Waals surface area contributed by atoms with E-state index in [1.165, 1.54) is 76.8 Å². The molecular formula is C34H48N2O3S. The lowest BCUT2D eigenvalue weighted by atomic mass is 10.1. The highest BCUT2D eigenvalue weighted by Gasteiger charge is 2.17. The quantitative estimate of drug-likeness (QED) is 0.136. The number of ketones is 1. The van der Waals surface area contributed by atoms with Gasteiger partial charge in [-0.1, -0.05) is 95.8 Å². The second-order valence-electron chi connectivity index (χ2n) is 10.9. The van der Waals surface area contributed by atoms with Crippen LogP contribution >= 0.6 is 11.8 Å². The van der Waals surface area contributed by atoms with Crippen LogP contribution < -0.4 is 10.1 Å². The minimum atomic E-state index is -0.208. The topological polar surface area (TPSA) is 58.6 Å². The highest BCUT2D eigenvalue weighted by Crippen LogP contribution is 2.31. The zero-order valence-electron chi connectivity index (χ0n) is 24.8. The summed E-state index contributed by atoms with van der Waals surface area (Å²) in [6.45, 7) is 7.20. The van der Waals surface area contributed by atoms with Gasteiger partial charge in [0, 0.05) is 17.8 Å². The molecule has 3 rings (SSSR count). The van der Waals surface area contributed by atoms with Crippen LogP contribution in [0.15, 0.2) is 53.6 Å². The van der Waals surface area contributed by atoms with E-state index < -0.39 is 0 Å². The van der Waals surface area contributed by atoms with E-state index in [4.69, 9.17) is 4.74 Å². The molecule has 1 amide bonds. The molecule has 1 aliphatic rings. The second kappa shape index (κ2) is 17.9. The van der Waals surface area contributed by atoms with E-state index in [1.807, 2.05) is 24.3 Å². The van der Waals surface area contributed by atoms with E-state index in [2.05, 4.69) is 29.5 Å². The average molecular weight is 565 g/mol. The number of unbranched alkanes of at least 4 members (excludes halogenated alkanes) is 11. The third-order valence-corrected chi connectivity index (χ3v) is 8.40. The molecule has 0 aromatic heterocycles. The van der Waals surface area contributed by atoms with Crippen LogP contribution in [0.5, 0.6) is 5.75 Å². The number of nitrogens with zero attached hydrogens (tertiary/aromatic N) is 1. The van der Waals surface area contributed by atoms with Crippen molar-refractivity contribution in [2.75, 3.05) is 17.8 Å². The van der Waals surface area contributed by atoms with Gasteiger partial charge in [-0.25, -0.2) is 0 Å². The average Bonchev–Trinajstić information content (AvgIpc) is 3.35. The number of para-hydroxylation sites is 1. The summed E-state index contributed by atoms with van der Waals surface area (Å²) in [5, 5.41) is 5.17. The molecular weight excluding hydrogens is 516 g/mol. The lowest BCUT2D eigenvalue weighted by Gasteiger charge is -2.19. The predicted octanol–water partition coefficient (Wildman–Crippen LogP) is 9.59. The van der Waals surface area contributed by atoms with Crippen molar-refractivity contribution in [1.29, 1.82) is 0 Å². The summed E-state index contributed by atoms with van der Waals surface area (Å²) >= 11 is 1.79. The third-order valence-electron chi connectivity index (χ3n) is 7.43. The maximum absolute atomic E-state index is 13.2. The number of amides is 1. The number of carbonyl (C=O) groups excluding carboxylic acids is 2. The first kappa shape index (κ1) is 31.8. The van der Waals surface area contributed by atoms with Gasteiger partial charge < -0.3 is 15.0 Å². The van der Waals surface area contributed by atoms with Gasteiger partial charge in [0.1, 0.15) is 0 Å². The number of nitrogens with one attached hydrogen (secondary N) is 1. The molecule has 218 valence electrons. The van der Waals surface area contributed by atoms with Gasteiger partial charge in [-0.15, -0.1) is 11.8 Å². The number of hydrogen-bond donors (Lipinski definition) is 1. The van der Waals surface area contributed by atoms with Crippen molar-refractivity contribution in [3.8, 4) is 5.75 Å². The Balaban J connectivity index is 1.47. The van der Waals surface area contributed by atoms with Gasteiger partial charge in [0.25, 0.3) is 5.91 Å². The number of benzene rings is 2. The third kappa shape index (κ3) is 10.7. The van der Waals surface area contributed by atoms with Crippen LogP contribution in [0.25, 0.3) is 0 Å². The first-order valence-corrected chi connectivity index (χ1v) is 16.2. The van der Waals surface area contributed by atoms with Gasteiger partial charge in [0.2, 0.25) is 0 Å². The molecule has 0 fully saturated rings. The molecule has 0 bridgehead atoms. The number of hydrogen-bond acceptors (Lipinski definition) is 5. The van der Waals surface area contributed by atoms with Crippen LogP contribution in [0.3, 0.4) is 0 Å². The Bertz CT molecular complexity index is 1110. The lowest BCUT2D eigenvalue weighted by molar-refractivity contribution is 0.100. The predicted molar refractivity (Wildman–Crippen MR) is 169 cm³/mol. The Labute approximate surface area is 246 Å². The molecule has 6 heteroatoms. The number of rotatable bonds is 19. The number of thioether (sulfide) groups is 1. The summed E-state index contributed by atoms with van der Waals surface area (Å²) in [6, 6.07) is 13.1. The van der Waals surface area contributed by atoms with E-state index in [0.29, 0.717) is 29.2 Å². The zero-order valence-corrected chi connectivity index (χ0v) is 25.6. The van der Waals surface area contributed by atoms with E-state index in [-0.39, 0.29) is 11.7 Å². The Kier molecular flexibility index (Phi) is 14.2. The Morgan fingerprint density at radius 1 is 0.900 bits per heavy atom. The largest absolute Gasteiger partial charge is 0.491 e. The second-order valence-corrected chi connectivity index (χ2v) is 11.7. The number of Topliss-reactive ketones (excluding diaryl/α,β-unsaturated/α-hetero) is 1. The Morgan fingerprint density at radius 2 is 1.55 bits per heavy atom. The first-order chi connectivity index (χ1) is 19.5. The van der Waals surface area contributed by atoms with Gasteiger partial charge >= 0.3 is 0 Å². The van der Waals surface area contributed by atoms with Gasteiger partial charge in [-0.05, 0) is 55.5 Å². The summed E-state index contributed by atoms with van der Waals surface area (Å²) in [5.41, 5.74) is 3.96. The van der Waals surface area contributed by atoms with Crippen molar-refractivity contribution in [3.63, 3.8) is 0 Å². The Hall–Kier alpha value is -2.73. The Morgan fingerprint density at radius 3 is 2.17 bits per heavy atom. The molecule has 5 nitrogen and oxygen atoms in total. The molecule has 1 aliphatic heterocycles. The van der Waals surface area contributed by atoms with Crippen molar-refractivity contribution in [2.45, 2.75) is 104 Å². The van der Waals surface area contributed by atoms with Crippen molar-refractivity contribution in [3.05, 3.63) is 70.3 Å². The number of anilines is 1. The fraction of sp³-hybridized carbons (Fsp3) is 0.529. The summed E-state index contributed by atoms with van der Waals surface area (Å²) in [5.74, 6) is 1.12. The summed E-state index contributed by atoms with van der Waals surface area (Å²) in [6.07, 6.45) is 15.4. The molecule has 0 atom stereocenters. The lowest BCUT2D eigenvalue weighted by Crippen LogP contribution is -2.18. The van der Waals surface area contributed by atoms with E-state index in [9.17, 15) is 9.59 Å². The molecule has 2 aromatic carbocycles. The van der Waals surface area contributed by atoms with Crippen LogP contribution in [0.2, 0.25) is 0 Å². The molecule has 2 aromatic rings. The van der Waals surface area contributed by atoms with Crippen LogP contribution in [-0.2, 0) is 6.54 Å². The highest BCUT2D eigenvalue weighted by molar-refractivity contribution is 8.02. The standard InChI is InChI=1S/C34H48N2O3S/c1-4-5-6-7-8-9-10-11-12-13-14-15-22-39-33-31(28(3)37)20-17-21-32(33)35-34(38)30-19-16-18-29(23-30)24-36-26-40-25-27(36)2/h16-21,23,25H,4-15,22,24,26H2,1-3H3,(H,35,38). The normalized spacial score (nSPS) is 12.9. The molecule has 0 spiro atoms. The van der Waals surface area contributed by atoms with Crippen LogP contribution in [0, 0.1) is 0 Å². The van der Waals surface area contributed by atoms with Gasteiger partial charge in [-0.3, -0.25) is 9.59 Å². The van der Waals surface area contributed by atoms with Crippen LogP contribution in [0.1, 0.15) is 124 Å². The van der Waals surface area contributed by atoms with Crippen molar-refractivity contribution in [2.24, 2.45) is 0 Å². The fourth-order valence-corrected chi connectivity index (χ4v) is 5.95. The molecule has 0 aliphatic carbocycles. The van der Waals surface area contributed by atoms with Gasteiger partial charge in [-0.2, -0.15) is 0 Å². The maximum atomic E-state index is 13.2. The van der Waals surface area contributed by atoms with E-state index in [0.717, 1.165) is 30.8 Å². The monoisotopic (exact) mass is 564 g/mol. The smallest absolute Gasteiger partial charge is 0.255 e. The highest BCUT2D eigenvalue weighted by atomic mass is 32.2. The van der Waals surface area contributed by atoms with Gasteiger partial charge in [0.15, 0.2) is 11.5 Å². The molecule has 0 saturated heterocycles. The molecule has 0 saturated carbocycles. The van der Waals surface area contributed by atoms with E-state index >= 15 is 0 Å². The van der Waals surface area contributed by atoms with Crippen LogP contribution in [-0.4, -0.2) is 29.1 Å². The summed E-state index contributed by atoms with van der Waals surface area (Å²) in [4.78, 5) is 27.8. The maximum Gasteiger partial charge on any atom is 0.255 e. The molecule has 0 radical (unpaired) electrons. The minimum absolute atomic E-state index is 0.0744. The molecule has 40 heavy (non-hydrogen) atoms. The fourth-order valence-electron chi connectivity index (χ4n) is 5.01. The van der Waals surface area contributed by atoms with Crippen molar-refractivity contribution in [1.82, 2.24) is 4.90 Å². The van der Waals surface area contributed by atoms with E-state index in [1.54, 1.807) is 30.0 Å². The SMILES string of the molecule is CCCCCCCCCCCCCCOc1c(NC(=O)c2cccc(CN3CSC=C3C)c2)cccc1C(C)=O. The minimum Gasteiger partial charge on any atom is -0.491 e. The summed E-state index contributed by atoms with van der Waals surface area (Å²) in [7, 11) is 0. The van der Waals surface area contributed by atoms with Crippen molar-refractivity contribution >= 4 is 29.1 Å². The zero-order chi connectivity index (χ0) is 28.6. The van der Waals surface area contributed by atoms with Gasteiger partial charge in [0.05, 0.1) is 23.7 Å². The van der Waals surface area contributed by atoms with Crippen LogP contribution in [0.4, 0.5) is 5.69 Å².